The van der Waals surface area contributed by atoms with E-state index in [1.54, 1.807) is 0 Å². The smallest absolute Gasteiger partial charge is 0.126 e. The minimum atomic E-state index is 0.314. The van der Waals surface area contributed by atoms with Gasteiger partial charge in [0, 0.05) is 24.7 Å². The van der Waals surface area contributed by atoms with Gasteiger partial charge in [-0.1, -0.05) is 18.2 Å². The van der Waals surface area contributed by atoms with E-state index in [4.69, 9.17) is 11.0 Å². The van der Waals surface area contributed by atoms with Crippen LogP contribution in [-0.2, 0) is 6.54 Å². The largest absolute Gasteiger partial charge is 0.366 e. The van der Waals surface area contributed by atoms with Gasteiger partial charge in [-0.15, -0.1) is 0 Å². The molecule has 3 rings (SSSR count). The van der Waals surface area contributed by atoms with Crippen LogP contribution in [-0.4, -0.2) is 11.0 Å². The molecule has 1 aliphatic carbocycles. The maximum Gasteiger partial charge on any atom is 0.126 e. The Balaban J connectivity index is 1.59. The average molecular weight is 264 g/mol. The van der Waals surface area contributed by atoms with Crippen molar-refractivity contribution in [2.24, 2.45) is 5.73 Å². The Morgan fingerprint density at radius 2 is 2.00 bits per heavy atom. The minimum absolute atomic E-state index is 0.314. The van der Waals surface area contributed by atoms with E-state index in [0.29, 0.717) is 24.1 Å². The monoisotopic (exact) mass is 264 g/mol. The van der Waals surface area contributed by atoms with Crippen LogP contribution < -0.4 is 11.1 Å². The van der Waals surface area contributed by atoms with Gasteiger partial charge < -0.3 is 11.1 Å². The first kappa shape index (κ1) is 12.6. The molecule has 4 heteroatoms. The lowest BCUT2D eigenvalue weighted by Gasteiger charge is -2.06. The van der Waals surface area contributed by atoms with Crippen LogP contribution in [0.5, 0.6) is 0 Å². The van der Waals surface area contributed by atoms with Gasteiger partial charge in [0.25, 0.3) is 0 Å². The molecule has 1 fully saturated rings. The fraction of sp³-hybridized carbons (Fsp3) is 0.250. The normalized spacial score (nSPS) is 20.2. The van der Waals surface area contributed by atoms with E-state index in [9.17, 15) is 0 Å². The van der Waals surface area contributed by atoms with E-state index in [1.165, 1.54) is 5.56 Å². The second-order valence-corrected chi connectivity index (χ2v) is 5.15. The van der Waals surface area contributed by atoms with Crippen LogP contribution in [0.15, 0.2) is 42.6 Å². The summed E-state index contributed by atoms with van der Waals surface area (Å²) in [6.45, 7) is 0.695. The lowest BCUT2D eigenvalue weighted by molar-refractivity contribution is 0.978. The zero-order chi connectivity index (χ0) is 13.9. The van der Waals surface area contributed by atoms with Crippen molar-refractivity contribution < 1.29 is 0 Å². The quantitative estimate of drug-likeness (QED) is 0.889. The van der Waals surface area contributed by atoms with Gasteiger partial charge in [0.2, 0.25) is 0 Å². The third kappa shape index (κ3) is 2.79. The first-order valence-corrected chi connectivity index (χ1v) is 6.71. The van der Waals surface area contributed by atoms with Crippen LogP contribution >= 0.6 is 0 Å². The maximum atomic E-state index is 8.75. The van der Waals surface area contributed by atoms with E-state index in [1.807, 2.05) is 36.5 Å². The highest BCUT2D eigenvalue weighted by molar-refractivity contribution is 5.40. The number of nitrogens with one attached hydrogen (secondary N) is 1. The molecule has 0 spiro atoms. The van der Waals surface area contributed by atoms with Crippen molar-refractivity contribution in [2.45, 2.75) is 24.9 Å². The van der Waals surface area contributed by atoms with Crippen molar-refractivity contribution in [3.8, 4) is 6.07 Å². The van der Waals surface area contributed by atoms with Crippen LogP contribution in [0.25, 0.3) is 0 Å². The second-order valence-electron chi connectivity index (χ2n) is 5.15. The van der Waals surface area contributed by atoms with E-state index in [2.05, 4.69) is 22.4 Å². The number of aromatic nitrogens is 1. The van der Waals surface area contributed by atoms with Crippen molar-refractivity contribution in [2.75, 3.05) is 5.32 Å². The number of benzene rings is 1. The second kappa shape index (κ2) is 5.32. The van der Waals surface area contributed by atoms with Gasteiger partial charge in [0.15, 0.2) is 0 Å². The molecule has 1 aromatic carbocycles. The molecule has 2 atom stereocenters. The van der Waals surface area contributed by atoms with E-state index >= 15 is 0 Å². The summed E-state index contributed by atoms with van der Waals surface area (Å²) in [4.78, 5) is 4.40. The molecule has 0 amide bonds. The summed E-state index contributed by atoms with van der Waals surface area (Å²) in [5.74, 6) is 1.35. The molecule has 3 N–H and O–H groups in total. The number of anilines is 1. The standard InChI is InChI=1S/C16H16N4/c17-8-11-1-3-12(4-2-11)9-19-16-6-5-13(10-20-16)14-7-15(14)18/h1-6,10,14-15H,7,9,18H2,(H,19,20)/t14-,15+/m1/s1. The van der Waals surface area contributed by atoms with Crippen molar-refractivity contribution in [1.29, 1.82) is 5.26 Å². The van der Waals surface area contributed by atoms with Gasteiger partial charge in [0.1, 0.15) is 5.82 Å². The summed E-state index contributed by atoms with van der Waals surface area (Å²) in [6.07, 6.45) is 2.97. The van der Waals surface area contributed by atoms with Gasteiger partial charge >= 0.3 is 0 Å². The Kier molecular flexibility index (Phi) is 3.36. The molecule has 0 saturated heterocycles. The molecule has 20 heavy (non-hydrogen) atoms. The zero-order valence-electron chi connectivity index (χ0n) is 11.1. The molecule has 0 radical (unpaired) electrons. The number of hydrogen-bond acceptors (Lipinski definition) is 4. The number of pyridine rings is 1. The Labute approximate surface area is 118 Å². The number of nitrogens with zero attached hydrogens (tertiary/aromatic N) is 2. The molecule has 0 bridgehead atoms. The molecule has 0 aliphatic heterocycles. The number of hydrogen-bond donors (Lipinski definition) is 2. The van der Waals surface area contributed by atoms with Gasteiger partial charge in [-0.3, -0.25) is 0 Å². The minimum Gasteiger partial charge on any atom is -0.366 e. The van der Waals surface area contributed by atoms with Crippen molar-refractivity contribution >= 4 is 5.82 Å². The Hall–Kier alpha value is -2.38. The Morgan fingerprint density at radius 3 is 2.55 bits per heavy atom. The summed E-state index contributed by atoms with van der Waals surface area (Å²) in [7, 11) is 0. The van der Waals surface area contributed by atoms with E-state index in [0.717, 1.165) is 17.8 Å². The third-order valence-electron chi connectivity index (χ3n) is 3.61. The fourth-order valence-corrected chi connectivity index (χ4v) is 2.22. The Morgan fingerprint density at radius 1 is 1.25 bits per heavy atom. The van der Waals surface area contributed by atoms with Crippen molar-refractivity contribution in [3.63, 3.8) is 0 Å². The average Bonchev–Trinajstić information content (AvgIpc) is 3.23. The number of nitriles is 1. The Bertz CT molecular complexity index is 625. The topological polar surface area (TPSA) is 74.7 Å². The van der Waals surface area contributed by atoms with Crippen LogP contribution in [0, 0.1) is 11.3 Å². The first-order chi connectivity index (χ1) is 9.76. The molecule has 1 saturated carbocycles. The number of nitrogens with two attached hydrogens (primary N) is 1. The van der Waals surface area contributed by atoms with Gasteiger partial charge in [-0.05, 0) is 35.7 Å². The summed E-state index contributed by atoms with van der Waals surface area (Å²) in [6, 6.07) is 14.0. The van der Waals surface area contributed by atoms with Gasteiger partial charge in [0.05, 0.1) is 11.6 Å². The van der Waals surface area contributed by atoms with Crippen LogP contribution in [0.3, 0.4) is 0 Å². The highest BCUT2D eigenvalue weighted by atomic mass is 15.0. The molecule has 100 valence electrons. The summed E-state index contributed by atoms with van der Waals surface area (Å²) in [5.41, 5.74) is 8.85. The highest BCUT2D eigenvalue weighted by Crippen LogP contribution is 2.38. The first-order valence-electron chi connectivity index (χ1n) is 6.71. The van der Waals surface area contributed by atoms with E-state index < -0.39 is 0 Å². The molecule has 1 heterocycles. The van der Waals surface area contributed by atoms with Crippen LogP contribution in [0.2, 0.25) is 0 Å². The molecule has 1 aromatic heterocycles. The zero-order valence-corrected chi connectivity index (χ0v) is 11.1. The molecule has 0 unspecified atom stereocenters. The predicted molar refractivity (Wildman–Crippen MR) is 78.1 cm³/mol. The van der Waals surface area contributed by atoms with Crippen LogP contribution in [0.4, 0.5) is 5.82 Å². The molecule has 2 aromatic rings. The summed E-state index contributed by atoms with van der Waals surface area (Å²) < 4.78 is 0. The van der Waals surface area contributed by atoms with E-state index in [-0.39, 0.29) is 0 Å². The lowest BCUT2D eigenvalue weighted by Crippen LogP contribution is -2.03. The van der Waals surface area contributed by atoms with Gasteiger partial charge in [-0.2, -0.15) is 5.26 Å². The number of rotatable bonds is 4. The molecule has 4 nitrogen and oxygen atoms in total. The van der Waals surface area contributed by atoms with Crippen LogP contribution in [0.1, 0.15) is 29.0 Å². The fourth-order valence-electron chi connectivity index (χ4n) is 2.22. The maximum absolute atomic E-state index is 8.75. The molecular formula is C16H16N4. The van der Waals surface area contributed by atoms with Crippen molar-refractivity contribution in [1.82, 2.24) is 4.98 Å². The highest BCUT2D eigenvalue weighted by Gasteiger charge is 2.34. The summed E-state index contributed by atoms with van der Waals surface area (Å²) >= 11 is 0. The molecular weight excluding hydrogens is 248 g/mol. The lowest BCUT2D eigenvalue weighted by atomic mass is 10.1. The SMILES string of the molecule is N#Cc1ccc(CNc2ccc([C@H]3C[C@@H]3N)cn2)cc1. The molecule has 1 aliphatic rings. The van der Waals surface area contributed by atoms with Crippen molar-refractivity contribution in [3.05, 3.63) is 59.3 Å². The predicted octanol–water partition coefficient (Wildman–Crippen LogP) is 2.38. The summed E-state index contributed by atoms with van der Waals surface area (Å²) in [5, 5.41) is 12.0. The third-order valence-corrected chi connectivity index (χ3v) is 3.61. The van der Waals surface area contributed by atoms with Gasteiger partial charge in [-0.25, -0.2) is 4.98 Å².